The molecular weight excluding hydrogens is 226 g/mol. The van der Waals surface area contributed by atoms with Crippen molar-refractivity contribution in [1.29, 1.82) is 0 Å². The van der Waals surface area contributed by atoms with E-state index < -0.39 is 5.60 Å². The highest BCUT2D eigenvalue weighted by atomic mass is 16.3. The van der Waals surface area contributed by atoms with Gasteiger partial charge >= 0.3 is 0 Å². The van der Waals surface area contributed by atoms with Crippen molar-refractivity contribution in [3.8, 4) is 0 Å². The molecule has 3 heteroatoms. The van der Waals surface area contributed by atoms with Gasteiger partial charge in [0.25, 0.3) is 5.91 Å². The predicted molar refractivity (Wildman–Crippen MR) is 73.6 cm³/mol. The highest BCUT2D eigenvalue weighted by Gasteiger charge is 2.26. The van der Waals surface area contributed by atoms with E-state index in [0.717, 1.165) is 6.42 Å². The second-order valence-electron chi connectivity index (χ2n) is 5.45. The van der Waals surface area contributed by atoms with Crippen LogP contribution in [0.4, 0.5) is 0 Å². The average molecular weight is 249 g/mol. The number of hydrogen-bond acceptors (Lipinski definition) is 2. The molecule has 0 aliphatic heterocycles. The highest BCUT2D eigenvalue weighted by molar-refractivity contribution is 5.83. The lowest BCUT2D eigenvalue weighted by molar-refractivity contribution is -0.146. The first-order chi connectivity index (χ1) is 8.21. The van der Waals surface area contributed by atoms with Crippen LogP contribution in [0.5, 0.6) is 0 Å². The fraction of sp³-hybridized carbons (Fsp3) is 0.533. The standard InChI is InChI=1S/C15H23NO2/c1-11-6-7-13(10-12(11)2)8-9-16(5)14(17)15(3,4)18/h6-7,10,18H,8-9H2,1-5H3. The van der Waals surface area contributed by atoms with E-state index in [-0.39, 0.29) is 5.91 Å². The normalized spacial score (nSPS) is 11.4. The second-order valence-corrected chi connectivity index (χ2v) is 5.45. The summed E-state index contributed by atoms with van der Waals surface area (Å²) in [6, 6.07) is 6.34. The van der Waals surface area contributed by atoms with Gasteiger partial charge in [-0.3, -0.25) is 4.79 Å². The fourth-order valence-electron chi connectivity index (χ4n) is 1.82. The van der Waals surface area contributed by atoms with Crippen molar-refractivity contribution >= 4 is 5.91 Å². The zero-order chi connectivity index (χ0) is 13.9. The third-order valence-electron chi connectivity index (χ3n) is 3.18. The van der Waals surface area contributed by atoms with Crippen molar-refractivity contribution in [3.05, 3.63) is 34.9 Å². The molecule has 18 heavy (non-hydrogen) atoms. The Morgan fingerprint density at radius 1 is 1.28 bits per heavy atom. The average Bonchev–Trinajstić information content (AvgIpc) is 2.28. The van der Waals surface area contributed by atoms with Crippen LogP contribution < -0.4 is 0 Å². The number of likely N-dealkylation sites (N-methyl/N-ethyl adjacent to an activating group) is 1. The molecule has 1 aromatic rings. The molecule has 100 valence electrons. The lowest BCUT2D eigenvalue weighted by atomic mass is 10.0. The Bertz CT molecular complexity index is 433. The minimum absolute atomic E-state index is 0.244. The van der Waals surface area contributed by atoms with Gasteiger partial charge in [-0.25, -0.2) is 0 Å². The van der Waals surface area contributed by atoms with Crippen LogP contribution in [0.3, 0.4) is 0 Å². The van der Waals surface area contributed by atoms with E-state index in [1.54, 1.807) is 11.9 Å². The molecule has 0 aliphatic carbocycles. The molecule has 0 spiro atoms. The molecule has 1 amide bonds. The van der Waals surface area contributed by atoms with Crippen molar-refractivity contribution in [1.82, 2.24) is 4.90 Å². The van der Waals surface area contributed by atoms with Gasteiger partial charge in [-0.15, -0.1) is 0 Å². The molecule has 0 atom stereocenters. The van der Waals surface area contributed by atoms with Gasteiger partial charge in [-0.05, 0) is 50.8 Å². The van der Waals surface area contributed by atoms with E-state index >= 15 is 0 Å². The van der Waals surface area contributed by atoms with E-state index in [1.165, 1.54) is 30.5 Å². The molecule has 0 radical (unpaired) electrons. The van der Waals surface area contributed by atoms with Gasteiger partial charge in [-0.2, -0.15) is 0 Å². The van der Waals surface area contributed by atoms with Crippen LogP contribution in [-0.4, -0.2) is 35.1 Å². The maximum atomic E-state index is 11.8. The molecule has 0 saturated heterocycles. The number of carbonyl (C=O) groups excluding carboxylic acids is 1. The number of carbonyl (C=O) groups is 1. The molecule has 0 saturated carbocycles. The van der Waals surface area contributed by atoms with Crippen molar-refractivity contribution in [3.63, 3.8) is 0 Å². The molecule has 1 rings (SSSR count). The zero-order valence-corrected chi connectivity index (χ0v) is 11.9. The van der Waals surface area contributed by atoms with Crippen molar-refractivity contribution in [2.45, 2.75) is 39.7 Å². The summed E-state index contributed by atoms with van der Waals surface area (Å²) in [7, 11) is 1.72. The minimum atomic E-state index is -1.29. The summed E-state index contributed by atoms with van der Waals surface area (Å²) >= 11 is 0. The van der Waals surface area contributed by atoms with Crippen LogP contribution >= 0.6 is 0 Å². The van der Waals surface area contributed by atoms with Crippen LogP contribution in [0.25, 0.3) is 0 Å². The van der Waals surface area contributed by atoms with Crippen LogP contribution in [0, 0.1) is 13.8 Å². The lowest BCUT2D eigenvalue weighted by Gasteiger charge is -2.25. The molecule has 0 unspecified atom stereocenters. The number of hydrogen-bond donors (Lipinski definition) is 1. The summed E-state index contributed by atoms with van der Waals surface area (Å²) in [5.41, 5.74) is 2.47. The van der Waals surface area contributed by atoms with E-state index in [2.05, 4.69) is 32.0 Å². The molecule has 3 nitrogen and oxygen atoms in total. The maximum absolute atomic E-state index is 11.8. The fourth-order valence-corrected chi connectivity index (χ4v) is 1.82. The number of aliphatic hydroxyl groups is 1. The Balaban J connectivity index is 2.60. The van der Waals surface area contributed by atoms with E-state index in [1.807, 2.05) is 0 Å². The SMILES string of the molecule is Cc1ccc(CCN(C)C(=O)C(C)(C)O)cc1C. The van der Waals surface area contributed by atoms with Crippen molar-refractivity contribution in [2.75, 3.05) is 13.6 Å². The first-order valence-corrected chi connectivity index (χ1v) is 6.26. The summed E-state index contributed by atoms with van der Waals surface area (Å²) in [5, 5.41) is 9.64. The summed E-state index contributed by atoms with van der Waals surface area (Å²) in [5.74, 6) is -0.244. The third-order valence-corrected chi connectivity index (χ3v) is 3.18. The Morgan fingerprint density at radius 3 is 2.39 bits per heavy atom. The van der Waals surface area contributed by atoms with Crippen molar-refractivity contribution < 1.29 is 9.90 Å². The monoisotopic (exact) mass is 249 g/mol. The Kier molecular flexibility index (Phi) is 4.52. The minimum Gasteiger partial charge on any atom is -0.381 e. The van der Waals surface area contributed by atoms with Gasteiger partial charge in [-0.1, -0.05) is 18.2 Å². The van der Waals surface area contributed by atoms with Crippen LogP contribution in [0.1, 0.15) is 30.5 Å². The summed E-state index contributed by atoms with van der Waals surface area (Å²) in [4.78, 5) is 13.4. The van der Waals surface area contributed by atoms with E-state index in [9.17, 15) is 9.90 Å². The molecule has 0 bridgehead atoms. The van der Waals surface area contributed by atoms with Gasteiger partial charge in [0.15, 0.2) is 0 Å². The number of aryl methyl sites for hydroxylation is 2. The summed E-state index contributed by atoms with van der Waals surface area (Å²) < 4.78 is 0. The van der Waals surface area contributed by atoms with Crippen LogP contribution in [0.15, 0.2) is 18.2 Å². The lowest BCUT2D eigenvalue weighted by Crippen LogP contribution is -2.43. The van der Waals surface area contributed by atoms with E-state index in [0.29, 0.717) is 6.54 Å². The topological polar surface area (TPSA) is 40.5 Å². The molecule has 1 N–H and O–H groups in total. The van der Waals surface area contributed by atoms with Gasteiger partial charge in [0.05, 0.1) is 0 Å². The van der Waals surface area contributed by atoms with Crippen LogP contribution in [-0.2, 0) is 11.2 Å². The summed E-state index contributed by atoms with van der Waals surface area (Å²) in [6.07, 6.45) is 0.805. The van der Waals surface area contributed by atoms with Gasteiger partial charge in [0.1, 0.15) is 5.60 Å². The first kappa shape index (κ1) is 14.7. The molecule has 0 heterocycles. The predicted octanol–water partition coefficient (Wildman–Crippen LogP) is 2.08. The molecular formula is C15H23NO2. The molecule has 0 aromatic heterocycles. The van der Waals surface area contributed by atoms with Gasteiger partial charge in [0.2, 0.25) is 0 Å². The summed E-state index contributed by atoms with van der Waals surface area (Å²) in [6.45, 7) is 7.82. The van der Waals surface area contributed by atoms with Gasteiger partial charge < -0.3 is 10.0 Å². The second kappa shape index (κ2) is 5.53. The Hall–Kier alpha value is -1.35. The molecule has 0 fully saturated rings. The zero-order valence-electron chi connectivity index (χ0n) is 11.9. The number of rotatable bonds is 4. The largest absolute Gasteiger partial charge is 0.381 e. The Morgan fingerprint density at radius 2 is 1.89 bits per heavy atom. The van der Waals surface area contributed by atoms with E-state index in [4.69, 9.17) is 0 Å². The first-order valence-electron chi connectivity index (χ1n) is 6.26. The number of amides is 1. The Labute approximate surface area is 109 Å². The quantitative estimate of drug-likeness (QED) is 0.887. The molecule has 1 aromatic carbocycles. The smallest absolute Gasteiger partial charge is 0.253 e. The van der Waals surface area contributed by atoms with Crippen molar-refractivity contribution in [2.24, 2.45) is 0 Å². The maximum Gasteiger partial charge on any atom is 0.253 e. The molecule has 0 aliphatic rings. The highest BCUT2D eigenvalue weighted by Crippen LogP contribution is 2.12. The third kappa shape index (κ3) is 3.84. The van der Waals surface area contributed by atoms with Gasteiger partial charge in [0, 0.05) is 13.6 Å². The van der Waals surface area contributed by atoms with Crippen LogP contribution in [0.2, 0.25) is 0 Å². The number of nitrogens with zero attached hydrogens (tertiary/aromatic N) is 1. The number of benzene rings is 1.